The highest BCUT2D eigenvalue weighted by Gasteiger charge is 2.09. The molecule has 110 valence electrons. The van der Waals surface area contributed by atoms with Gasteiger partial charge in [0.25, 0.3) is 5.91 Å². The monoisotopic (exact) mass is 305 g/mol. The summed E-state index contributed by atoms with van der Waals surface area (Å²) in [4.78, 5) is 22.3. The van der Waals surface area contributed by atoms with Crippen LogP contribution in [0.25, 0.3) is 0 Å². The van der Waals surface area contributed by atoms with Gasteiger partial charge in [-0.15, -0.1) is 10.2 Å². The molecule has 1 aromatic heterocycles. The molecule has 2 N–H and O–H groups in total. The lowest BCUT2D eigenvalue weighted by Gasteiger charge is -1.99. The lowest BCUT2D eigenvalue weighted by Crippen LogP contribution is -2.11. The van der Waals surface area contributed by atoms with Gasteiger partial charge in [-0.05, 0) is 25.0 Å². The number of aryl methyl sites for hydroxylation is 1. The fourth-order valence-corrected chi connectivity index (χ4v) is 2.49. The summed E-state index contributed by atoms with van der Waals surface area (Å²) in [6, 6.07) is 8.88. The molecule has 2 rings (SSSR count). The molecule has 0 fully saturated rings. The molecule has 1 heterocycles. The summed E-state index contributed by atoms with van der Waals surface area (Å²) < 4.78 is 0. The third-order valence-electron chi connectivity index (χ3n) is 2.75. The van der Waals surface area contributed by atoms with E-state index in [0.717, 1.165) is 11.4 Å². The Morgan fingerprint density at radius 3 is 2.62 bits per heavy atom. The van der Waals surface area contributed by atoms with Crippen LogP contribution in [0.4, 0.5) is 5.13 Å². The first kappa shape index (κ1) is 15.1. The van der Waals surface area contributed by atoms with Crippen LogP contribution in [0.5, 0.6) is 0 Å². The summed E-state index contributed by atoms with van der Waals surface area (Å²) in [6.07, 6.45) is 2.19. The van der Waals surface area contributed by atoms with Crippen molar-refractivity contribution in [3.05, 3.63) is 40.9 Å². The Balaban J connectivity index is 1.83. The summed E-state index contributed by atoms with van der Waals surface area (Å²) in [5.74, 6) is -1.01. The van der Waals surface area contributed by atoms with Crippen LogP contribution in [0.3, 0.4) is 0 Å². The van der Waals surface area contributed by atoms with Crippen molar-refractivity contribution in [2.45, 2.75) is 25.7 Å². The molecule has 0 saturated carbocycles. The third-order valence-corrected chi connectivity index (χ3v) is 3.65. The van der Waals surface area contributed by atoms with Crippen molar-refractivity contribution in [3.63, 3.8) is 0 Å². The van der Waals surface area contributed by atoms with Gasteiger partial charge in [0.1, 0.15) is 5.01 Å². The average Bonchev–Trinajstić information content (AvgIpc) is 2.92. The number of amides is 1. The molecule has 0 saturated heterocycles. The van der Waals surface area contributed by atoms with Gasteiger partial charge in [0.2, 0.25) is 5.13 Å². The predicted molar refractivity (Wildman–Crippen MR) is 79.5 cm³/mol. The molecular formula is C14H15N3O3S. The zero-order valence-electron chi connectivity index (χ0n) is 11.3. The first-order chi connectivity index (χ1) is 10.1. The van der Waals surface area contributed by atoms with E-state index in [1.54, 1.807) is 24.3 Å². The standard InChI is InChI=1S/C14H15N3O3S/c18-12(19)9-5-4-8-11-16-17-14(21-11)15-13(20)10-6-2-1-3-7-10/h1-3,6-7H,4-5,8-9H2,(H,18,19)(H,15,17,20). The maximum absolute atomic E-state index is 11.9. The van der Waals surface area contributed by atoms with Gasteiger partial charge in [-0.1, -0.05) is 29.5 Å². The van der Waals surface area contributed by atoms with E-state index in [9.17, 15) is 9.59 Å². The van der Waals surface area contributed by atoms with Crippen molar-refractivity contribution < 1.29 is 14.7 Å². The second-order valence-corrected chi connectivity index (χ2v) is 5.48. The van der Waals surface area contributed by atoms with E-state index in [-0.39, 0.29) is 12.3 Å². The van der Waals surface area contributed by atoms with E-state index in [4.69, 9.17) is 5.11 Å². The van der Waals surface area contributed by atoms with E-state index in [1.807, 2.05) is 6.07 Å². The number of carboxylic acids is 1. The first-order valence-corrected chi connectivity index (χ1v) is 7.37. The lowest BCUT2D eigenvalue weighted by molar-refractivity contribution is -0.137. The van der Waals surface area contributed by atoms with Crippen LogP contribution in [-0.2, 0) is 11.2 Å². The molecular weight excluding hydrogens is 290 g/mol. The Morgan fingerprint density at radius 1 is 1.14 bits per heavy atom. The number of carbonyl (C=O) groups excluding carboxylic acids is 1. The summed E-state index contributed by atoms with van der Waals surface area (Å²) in [6.45, 7) is 0. The summed E-state index contributed by atoms with van der Waals surface area (Å²) in [5.41, 5.74) is 0.565. The fourth-order valence-electron chi connectivity index (χ4n) is 1.72. The molecule has 0 atom stereocenters. The van der Waals surface area contributed by atoms with Crippen LogP contribution < -0.4 is 5.32 Å². The highest BCUT2D eigenvalue weighted by atomic mass is 32.1. The second-order valence-electron chi connectivity index (χ2n) is 4.42. The Labute approximate surface area is 125 Å². The van der Waals surface area contributed by atoms with Crippen molar-refractivity contribution in [2.75, 3.05) is 5.32 Å². The number of unbranched alkanes of at least 4 members (excludes halogenated alkanes) is 1. The molecule has 0 unspecified atom stereocenters. The molecule has 0 bridgehead atoms. The van der Waals surface area contributed by atoms with E-state index in [1.165, 1.54) is 11.3 Å². The average molecular weight is 305 g/mol. The Hall–Kier alpha value is -2.28. The van der Waals surface area contributed by atoms with Gasteiger partial charge in [0.15, 0.2) is 0 Å². The maximum Gasteiger partial charge on any atom is 0.303 e. The minimum absolute atomic E-state index is 0.163. The van der Waals surface area contributed by atoms with Crippen LogP contribution in [0, 0.1) is 0 Å². The summed E-state index contributed by atoms with van der Waals surface area (Å²) in [7, 11) is 0. The lowest BCUT2D eigenvalue weighted by atomic mass is 10.2. The van der Waals surface area contributed by atoms with Gasteiger partial charge in [0, 0.05) is 18.4 Å². The normalized spacial score (nSPS) is 10.3. The molecule has 0 aliphatic heterocycles. The summed E-state index contributed by atoms with van der Waals surface area (Å²) in [5, 5.41) is 20.4. The number of nitrogens with zero attached hydrogens (tertiary/aromatic N) is 2. The Bertz CT molecular complexity index is 613. The number of aromatic nitrogens is 2. The molecule has 0 aliphatic rings. The molecule has 6 nitrogen and oxygen atoms in total. The van der Waals surface area contributed by atoms with E-state index >= 15 is 0 Å². The number of benzene rings is 1. The smallest absolute Gasteiger partial charge is 0.303 e. The Morgan fingerprint density at radius 2 is 1.90 bits per heavy atom. The van der Waals surface area contributed by atoms with Gasteiger partial charge in [0.05, 0.1) is 0 Å². The number of carboxylic acid groups (broad SMARTS) is 1. The number of nitrogens with one attached hydrogen (secondary N) is 1. The first-order valence-electron chi connectivity index (χ1n) is 6.56. The number of hydrogen-bond acceptors (Lipinski definition) is 5. The predicted octanol–water partition coefficient (Wildman–Crippen LogP) is 2.59. The van der Waals surface area contributed by atoms with Crippen molar-refractivity contribution in [1.29, 1.82) is 0 Å². The van der Waals surface area contributed by atoms with Gasteiger partial charge in [-0.3, -0.25) is 14.9 Å². The van der Waals surface area contributed by atoms with Crippen LogP contribution in [0.15, 0.2) is 30.3 Å². The topological polar surface area (TPSA) is 92.2 Å². The van der Waals surface area contributed by atoms with E-state index < -0.39 is 5.97 Å². The van der Waals surface area contributed by atoms with Gasteiger partial charge >= 0.3 is 5.97 Å². The van der Waals surface area contributed by atoms with E-state index in [0.29, 0.717) is 23.5 Å². The number of aliphatic carboxylic acids is 1. The largest absolute Gasteiger partial charge is 0.481 e. The number of rotatable bonds is 7. The second kappa shape index (κ2) is 7.49. The van der Waals surface area contributed by atoms with Crippen LogP contribution >= 0.6 is 11.3 Å². The third kappa shape index (κ3) is 4.96. The van der Waals surface area contributed by atoms with Gasteiger partial charge < -0.3 is 5.11 Å². The van der Waals surface area contributed by atoms with Crippen LogP contribution in [0.2, 0.25) is 0 Å². The summed E-state index contributed by atoms with van der Waals surface area (Å²) >= 11 is 1.31. The maximum atomic E-state index is 11.9. The molecule has 0 spiro atoms. The quantitative estimate of drug-likeness (QED) is 0.767. The Kier molecular flexibility index (Phi) is 5.39. The van der Waals surface area contributed by atoms with Gasteiger partial charge in [-0.2, -0.15) is 0 Å². The number of hydrogen-bond donors (Lipinski definition) is 2. The number of carbonyl (C=O) groups is 2. The molecule has 0 aliphatic carbocycles. The molecule has 0 radical (unpaired) electrons. The number of anilines is 1. The van der Waals surface area contributed by atoms with Crippen molar-refractivity contribution in [3.8, 4) is 0 Å². The van der Waals surface area contributed by atoms with Crippen molar-refractivity contribution in [1.82, 2.24) is 10.2 Å². The molecule has 2 aromatic rings. The highest BCUT2D eigenvalue weighted by molar-refractivity contribution is 7.15. The molecule has 7 heteroatoms. The molecule has 21 heavy (non-hydrogen) atoms. The minimum Gasteiger partial charge on any atom is -0.481 e. The van der Waals surface area contributed by atoms with Crippen LogP contribution in [-0.4, -0.2) is 27.2 Å². The van der Waals surface area contributed by atoms with Gasteiger partial charge in [-0.25, -0.2) is 0 Å². The molecule has 1 aromatic carbocycles. The van der Waals surface area contributed by atoms with Crippen molar-refractivity contribution in [2.24, 2.45) is 0 Å². The SMILES string of the molecule is O=C(O)CCCCc1nnc(NC(=O)c2ccccc2)s1. The highest BCUT2D eigenvalue weighted by Crippen LogP contribution is 2.18. The zero-order chi connectivity index (χ0) is 15.1. The fraction of sp³-hybridized carbons (Fsp3) is 0.286. The van der Waals surface area contributed by atoms with E-state index in [2.05, 4.69) is 15.5 Å². The molecule has 1 amide bonds. The van der Waals surface area contributed by atoms with Crippen molar-refractivity contribution >= 4 is 28.3 Å². The van der Waals surface area contributed by atoms with Crippen LogP contribution in [0.1, 0.15) is 34.6 Å². The zero-order valence-corrected chi connectivity index (χ0v) is 12.1. The minimum atomic E-state index is -0.789.